The van der Waals surface area contributed by atoms with Crippen molar-refractivity contribution in [3.8, 4) is 0 Å². The van der Waals surface area contributed by atoms with Crippen molar-refractivity contribution < 1.29 is 19.7 Å². The third-order valence-corrected chi connectivity index (χ3v) is 2.73. The molecule has 1 saturated heterocycles. The fourth-order valence-electron chi connectivity index (χ4n) is 1.62. The van der Waals surface area contributed by atoms with Crippen molar-refractivity contribution in [2.45, 2.75) is 45.4 Å². The Morgan fingerprint density at radius 1 is 1.60 bits per heavy atom. The van der Waals surface area contributed by atoms with E-state index in [0.29, 0.717) is 0 Å². The zero-order chi connectivity index (χ0) is 11.9. The predicted octanol–water partition coefficient (Wildman–Crippen LogP) is 0.253. The zero-order valence-electron chi connectivity index (χ0n) is 9.57. The quantitative estimate of drug-likeness (QED) is 0.619. The molecule has 0 aromatic rings. The first kappa shape index (κ1) is 12.3. The van der Waals surface area contributed by atoms with Gasteiger partial charge in [-0.15, -0.1) is 0 Å². The van der Waals surface area contributed by atoms with Crippen LogP contribution in [-0.2, 0) is 4.74 Å². The number of aliphatic hydroxyl groups is 2. The molecule has 0 radical (unpaired) electrons. The van der Waals surface area contributed by atoms with Crippen LogP contribution >= 0.6 is 0 Å². The topological polar surface area (TPSA) is 78.8 Å². The van der Waals surface area contributed by atoms with Crippen molar-refractivity contribution in [2.75, 3.05) is 6.61 Å². The summed E-state index contributed by atoms with van der Waals surface area (Å²) in [6.07, 6.45) is -1.58. The van der Waals surface area contributed by atoms with Gasteiger partial charge in [0.25, 0.3) is 0 Å². The molecule has 1 unspecified atom stereocenters. The highest BCUT2D eigenvalue weighted by molar-refractivity contribution is 5.68. The number of carbonyl (C=O) groups excluding carboxylic acids is 1. The van der Waals surface area contributed by atoms with Crippen molar-refractivity contribution in [2.24, 2.45) is 5.41 Å². The Bertz CT molecular complexity index is 257. The summed E-state index contributed by atoms with van der Waals surface area (Å²) in [4.78, 5) is 11.1. The van der Waals surface area contributed by atoms with Crippen molar-refractivity contribution in [3.63, 3.8) is 0 Å². The number of carbonyl (C=O) groups is 1. The third-order valence-electron chi connectivity index (χ3n) is 2.73. The first-order valence-electron chi connectivity index (χ1n) is 4.98. The molecule has 88 valence electrons. The minimum atomic E-state index is -1.26. The highest BCUT2D eigenvalue weighted by Gasteiger charge is 2.45. The van der Waals surface area contributed by atoms with E-state index in [4.69, 9.17) is 4.74 Å². The Morgan fingerprint density at radius 3 is 2.60 bits per heavy atom. The fraction of sp³-hybridized carbons (Fsp3) is 0.900. The minimum absolute atomic E-state index is 0.233. The van der Waals surface area contributed by atoms with Crippen molar-refractivity contribution in [3.05, 3.63) is 0 Å². The summed E-state index contributed by atoms with van der Waals surface area (Å²) in [5.74, 6) is 0. The number of rotatable bonds is 2. The maximum Gasteiger partial charge on any atom is 0.407 e. The second-order valence-electron chi connectivity index (χ2n) is 5.29. The number of aliphatic hydroxyl groups excluding tert-OH is 1. The molecule has 5 nitrogen and oxygen atoms in total. The summed E-state index contributed by atoms with van der Waals surface area (Å²) >= 11 is 0. The number of nitrogens with one attached hydrogen (secondary N) is 1. The van der Waals surface area contributed by atoms with Gasteiger partial charge in [-0.1, -0.05) is 13.8 Å². The summed E-state index contributed by atoms with van der Waals surface area (Å²) in [6.45, 7) is 6.99. The van der Waals surface area contributed by atoms with Gasteiger partial charge in [-0.2, -0.15) is 0 Å². The highest BCUT2D eigenvalue weighted by Crippen LogP contribution is 2.30. The number of hydrogen-bond donors (Lipinski definition) is 3. The van der Waals surface area contributed by atoms with E-state index in [1.54, 1.807) is 0 Å². The van der Waals surface area contributed by atoms with Crippen LogP contribution in [0.3, 0.4) is 0 Å². The predicted molar refractivity (Wildman–Crippen MR) is 54.4 cm³/mol. The maximum atomic E-state index is 11.1. The molecule has 1 rings (SSSR count). The summed E-state index contributed by atoms with van der Waals surface area (Å²) in [6, 6.07) is -0.515. The molecular formula is C10H19NO4. The van der Waals surface area contributed by atoms with Gasteiger partial charge in [0, 0.05) is 5.41 Å². The van der Waals surface area contributed by atoms with Crippen LogP contribution in [0.2, 0.25) is 0 Å². The number of alkyl carbamates (subject to hydrolysis) is 1. The molecule has 1 aliphatic heterocycles. The van der Waals surface area contributed by atoms with E-state index in [2.05, 4.69) is 5.32 Å². The van der Waals surface area contributed by atoms with E-state index in [0.717, 1.165) is 0 Å². The van der Waals surface area contributed by atoms with E-state index in [1.165, 1.54) is 13.8 Å². The minimum Gasteiger partial charge on any atom is -0.449 e. The van der Waals surface area contributed by atoms with Gasteiger partial charge < -0.3 is 20.3 Å². The van der Waals surface area contributed by atoms with Crippen LogP contribution in [0.4, 0.5) is 4.79 Å². The summed E-state index contributed by atoms with van der Waals surface area (Å²) in [7, 11) is 0. The molecule has 0 aromatic heterocycles. The zero-order valence-corrected chi connectivity index (χ0v) is 9.57. The summed E-state index contributed by atoms with van der Waals surface area (Å²) in [5.41, 5.74) is -1.67. The molecule has 5 heteroatoms. The molecule has 0 bridgehead atoms. The fourth-order valence-corrected chi connectivity index (χ4v) is 1.62. The van der Waals surface area contributed by atoms with Gasteiger partial charge in [0.05, 0.1) is 11.6 Å². The van der Waals surface area contributed by atoms with E-state index >= 15 is 0 Å². The van der Waals surface area contributed by atoms with Crippen LogP contribution < -0.4 is 5.32 Å². The van der Waals surface area contributed by atoms with E-state index in [-0.39, 0.29) is 6.61 Å². The number of ether oxygens (including phenoxy) is 1. The lowest BCUT2D eigenvalue weighted by Gasteiger charge is -2.43. The third kappa shape index (κ3) is 2.60. The smallest absolute Gasteiger partial charge is 0.407 e. The van der Waals surface area contributed by atoms with E-state index < -0.39 is 29.3 Å². The average molecular weight is 217 g/mol. The lowest BCUT2D eigenvalue weighted by atomic mass is 9.77. The lowest BCUT2D eigenvalue weighted by molar-refractivity contribution is -0.101. The Labute approximate surface area is 89.4 Å². The second-order valence-corrected chi connectivity index (χ2v) is 5.29. The summed E-state index contributed by atoms with van der Waals surface area (Å²) < 4.78 is 4.84. The van der Waals surface area contributed by atoms with Crippen LogP contribution in [0.5, 0.6) is 0 Å². The SMILES string of the molecule is CC1(C)COC(=O)NC1[C@H](O)C(C)(C)O. The first-order valence-corrected chi connectivity index (χ1v) is 4.98. The van der Waals surface area contributed by atoms with Crippen molar-refractivity contribution in [1.82, 2.24) is 5.32 Å². The Hall–Kier alpha value is -0.810. The highest BCUT2D eigenvalue weighted by atomic mass is 16.6. The maximum absolute atomic E-state index is 11.1. The van der Waals surface area contributed by atoms with Crippen LogP contribution in [0.25, 0.3) is 0 Å². The molecule has 0 aromatic carbocycles. The molecule has 0 aliphatic carbocycles. The average Bonchev–Trinajstić information content (AvgIpc) is 2.06. The molecule has 3 N–H and O–H groups in total. The van der Waals surface area contributed by atoms with Crippen molar-refractivity contribution in [1.29, 1.82) is 0 Å². The van der Waals surface area contributed by atoms with Gasteiger partial charge in [-0.3, -0.25) is 0 Å². The molecule has 0 saturated carbocycles. The van der Waals surface area contributed by atoms with Crippen LogP contribution in [0, 0.1) is 5.41 Å². The molecule has 0 spiro atoms. The standard InChI is InChI=1S/C10H19NO4/c1-9(2)5-15-8(13)11-6(9)7(12)10(3,4)14/h6-7,12,14H,5H2,1-4H3,(H,11,13)/t6?,7-/m0/s1. The Balaban J connectivity index is 2.85. The van der Waals surface area contributed by atoms with Gasteiger partial charge in [0.15, 0.2) is 0 Å². The summed E-state index contributed by atoms with van der Waals surface area (Å²) in [5, 5.41) is 22.2. The lowest BCUT2D eigenvalue weighted by Crippen LogP contribution is -2.63. The van der Waals surface area contributed by atoms with Gasteiger partial charge in [0.1, 0.15) is 12.7 Å². The molecule has 1 heterocycles. The monoisotopic (exact) mass is 217 g/mol. The largest absolute Gasteiger partial charge is 0.449 e. The van der Waals surface area contributed by atoms with Gasteiger partial charge >= 0.3 is 6.09 Å². The number of hydrogen-bond acceptors (Lipinski definition) is 4. The number of cyclic esters (lactones) is 1. The molecular weight excluding hydrogens is 198 g/mol. The molecule has 1 aliphatic rings. The molecule has 15 heavy (non-hydrogen) atoms. The van der Waals surface area contributed by atoms with Crippen molar-refractivity contribution >= 4 is 6.09 Å². The first-order chi connectivity index (χ1) is 6.64. The second kappa shape index (κ2) is 3.64. The van der Waals surface area contributed by atoms with Gasteiger partial charge in [-0.25, -0.2) is 4.79 Å². The normalized spacial score (nSPS) is 27.9. The van der Waals surface area contributed by atoms with Gasteiger partial charge in [0.2, 0.25) is 0 Å². The van der Waals surface area contributed by atoms with Crippen LogP contribution in [0.1, 0.15) is 27.7 Å². The molecule has 1 amide bonds. The van der Waals surface area contributed by atoms with Gasteiger partial charge in [-0.05, 0) is 13.8 Å². The Morgan fingerprint density at radius 2 is 2.13 bits per heavy atom. The number of amides is 1. The van der Waals surface area contributed by atoms with Crippen LogP contribution in [0.15, 0.2) is 0 Å². The van der Waals surface area contributed by atoms with E-state index in [1.807, 2.05) is 13.8 Å². The molecule has 2 atom stereocenters. The van der Waals surface area contributed by atoms with E-state index in [9.17, 15) is 15.0 Å². The molecule has 1 fully saturated rings. The van der Waals surface area contributed by atoms with Crippen LogP contribution in [-0.4, -0.2) is 40.7 Å². The Kier molecular flexibility index (Phi) is 2.98.